The predicted molar refractivity (Wildman–Crippen MR) is 82.7 cm³/mol. The maximum Gasteiger partial charge on any atom is 0.328 e. The van der Waals surface area contributed by atoms with E-state index in [-0.39, 0.29) is 10.9 Å². The van der Waals surface area contributed by atoms with Gasteiger partial charge in [-0.2, -0.15) is 0 Å². The Balaban J connectivity index is 2.27. The molecule has 0 aliphatic carbocycles. The number of nitrogens with two attached hydrogens (primary N) is 1. The van der Waals surface area contributed by atoms with Gasteiger partial charge in [-0.25, -0.2) is 4.79 Å². The highest BCUT2D eigenvalue weighted by Crippen LogP contribution is 2.25. The van der Waals surface area contributed by atoms with Gasteiger partial charge in [0.25, 0.3) is 0 Å². The van der Waals surface area contributed by atoms with Crippen LogP contribution in [0.25, 0.3) is 0 Å². The minimum atomic E-state index is -0.702. The average molecular weight is 306 g/mol. The number of likely N-dealkylation sites (tertiary alicyclic amines) is 1. The number of carbonyl (C=O) groups excluding carboxylic acids is 2. The molecular formula is C15H18N2O3S. The minimum absolute atomic E-state index is 0.113. The summed E-state index contributed by atoms with van der Waals surface area (Å²) in [5, 5.41) is 0. The molecule has 2 atom stereocenters. The van der Waals surface area contributed by atoms with Gasteiger partial charge in [0.05, 0.1) is 12.1 Å². The summed E-state index contributed by atoms with van der Waals surface area (Å²) < 4.78 is 4.76. The molecule has 0 spiro atoms. The van der Waals surface area contributed by atoms with Crippen LogP contribution in [0.15, 0.2) is 30.3 Å². The second-order valence-electron chi connectivity index (χ2n) is 4.96. The van der Waals surface area contributed by atoms with Crippen LogP contribution >= 0.6 is 12.2 Å². The number of esters is 1. The molecule has 1 fully saturated rings. The lowest BCUT2D eigenvalue weighted by Crippen LogP contribution is -2.45. The number of ether oxygens (including phenoxy) is 1. The normalized spacial score (nSPS) is 19.1. The van der Waals surface area contributed by atoms with Gasteiger partial charge in [0.1, 0.15) is 12.0 Å². The third-order valence-electron chi connectivity index (χ3n) is 3.67. The lowest BCUT2D eigenvalue weighted by Gasteiger charge is -2.27. The molecular weight excluding hydrogens is 288 g/mol. The molecule has 1 aliphatic heterocycles. The number of carbonyl (C=O) groups is 2. The summed E-state index contributed by atoms with van der Waals surface area (Å²) in [7, 11) is 1.32. The molecule has 112 valence electrons. The van der Waals surface area contributed by atoms with E-state index < -0.39 is 17.9 Å². The van der Waals surface area contributed by atoms with Crippen LogP contribution in [0.4, 0.5) is 0 Å². The summed E-state index contributed by atoms with van der Waals surface area (Å²) in [6, 6.07) is 8.60. The largest absolute Gasteiger partial charge is 0.467 e. The number of amides is 1. The Morgan fingerprint density at radius 3 is 2.62 bits per heavy atom. The van der Waals surface area contributed by atoms with E-state index in [4.69, 9.17) is 22.7 Å². The van der Waals surface area contributed by atoms with E-state index in [0.29, 0.717) is 13.0 Å². The average Bonchev–Trinajstić information content (AvgIpc) is 2.96. The van der Waals surface area contributed by atoms with Gasteiger partial charge >= 0.3 is 5.97 Å². The molecule has 1 aromatic rings. The molecule has 0 radical (unpaired) electrons. The van der Waals surface area contributed by atoms with Crippen molar-refractivity contribution in [2.24, 2.45) is 5.73 Å². The monoisotopic (exact) mass is 306 g/mol. The zero-order valence-corrected chi connectivity index (χ0v) is 12.6. The standard InChI is InChI=1S/C15H18N2O3S/c1-20-15(19)11-8-5-9-17(11)14(18)12(13(16)21)10-6-3-2-4-7-10/h2-4,6-7,11-12H,5,8-9H2,1H3,(H2,16,21). The smallest absolute Gasteiger partial charge is 0.328 e. The van der Waals surface area contributed by atoms with Crippen molar-refractivity contribution in [2.75, 3.05) is 13.7 Å². The fraction of sp³-hybridized carbons (Fsp3) is 0.400. The number of hydrogen-bond acceptors (Lipinski definition) is 4. The van der Waals surface area contributed by atoms with E-state index in [1.807, 2.05) is 30.3 Å². The first kappa shape index (κ1) is 15.4. The molecule has 2 N–H and O–H groups in total. The van der Waals surface area contributed by atoms with E-state index >= 15 is 0 Å². The van der Waals surface area contributed by atoms with Crippen molar-refractivity contribution in [2.45, 2.75) is 24.8 Å². The fourth-order valence-corrected chi connectivity index (χ4v) is 2.89. The van der Waals surface area contributed by atoms with E-state index in [1.165, 1.54) is 12.0 Å². The lowest BCUT2D eigenvalue weighted by molar-refractivity contribution is -0.151. The molecule has 1 aliphatic rings. The second kappa shape index (κ2) is 6.67. The Labute approximate surface area is 129 Å². The first-order valence-corrected chi connectivity index (χ1v) is 7.19. The third-order valence-corrected chi connectivity index (χ3v) is 3.91. The van der Waals surface area contributed by atoms with Crippen molar-refractivity contribution in [3.8, 4) is 0 Å². The van der Waals surface area contributed by atoms with Crippen molar-refractivity contribution in [3.63, 3.8) is 0 Å². The summed E-state index contributed by atoms with van der Waals surface area (Å²) in [6.45, 7) is 0.518. The van der Waals surface area contributed by atoms with Crippen molar-refractivity contribution < 1.29 is 14.3 Å². The van der Waals surface area contributed by atoms with Crippen molar-refractivity contribution in [1.82, 2.24) is 4.90 Å². The van der Waals surface area contributed by atoms with Gasteiger partial charge in [-0.3, -0.25) is 4.79 Å². The van der Waals surface area contributed by atoms with Gasteiger partial charge in [0.2, 0.25) is 5.91 Å². The Bertz CT molecular complexity index is 547. The fourth-order valence-electron chi connectivity index (χ4n) is 2.65. The van der Waals surface area contributed by atoms with Crippen molar-refractivity contribution in [1.29, 1.82) is 0 Å². The zero-order valence-electron chi connectivity index (χ0n) is 11.8. The molecule has 1 heterocycles. The zero-order chi connectivity index (χ0) is 15.4. The molecule has 1 saturated heterocycles. The maximum absolute atomic E-state index is 12.8. The molecule has 6 heteroatoms. The van der Waals surface area contributed by atoms with Gasteiger partial charge in [-0.1, -0.05) is 42.5 Å². The second-order valence-corrected chi connectivity index (χ2v) is 5.43. The Morgan fingerprint density at radius 2 is 2.05 bits per heavy atom. The summed E-state index contributed by atoms with van der Waals surface area (Å²) in [4.78, 5) is 26.2. The van der Waals surface area contributed by atoms with Gasteiger partial charge in [0, 0.05) is 6.54 Å². The quantitative estimate of drug-likeness (QED) is 0.669. The minimum Gasteiger partial charge on any atom is -0.467 e. The summed E-state index contributed by atoms with van der Waals surface area (Å²) >= 11 is 5.06. The Hall–Kier alpha value is -1.95. The molecule has 0 saturated carbocycles. The van der Waals surface area contributed by atoms with Crippen LogP contribution in [0.2, 0.25) is 0 Å². The van der Waals surface area contributed by atoms with Gasteiger partial charge in [0.15, 0.2) is 0 Å². The summed E-state index contributed by atoms with van der Waals surface area (Å²) in [5.41, 5.74) is 6.50. The van der Waals surface area contributed by atoms with Gasteiger partial charge < -0.3 is 15.4 Å². The number of benzene rings is 1. The van der Waals surface area contributed by atoms with E-state index in [2.05, 4.69) is 0 Å². The summed E-state index contributed by atoms with van der Waals surface area (Å²) in [6.07, 6.45) is 1.38. The van der Waals surface area contributed by atoms with Crippen molar-refractivity contribution in [3.05, 3.63) is 35.9 Å². The molecule has 0 bridgehead atoms. The number of hydrogen-bond donors (Lipinski definition) is 1. The highest BCUT2D eigenvalue weighted by molar-refractivity contribution is 7.80. The molecule has 1 amide bonds. The van der Waals surface area contributed by atoms with E-state index in [0.717, 1.165) is 12.0 Å². The van der Waals surface area contributed by atoms with Crippen LogP contribution in [0.5, 0.6) is 0 Å². The number of nitrogens with zero attached hydrogens (tertiary/aromatic N) is 1. The van der Waals surface area contributed by atoms with Crippen LogP contribution in [0.1, 0.15) is 24.3 Å². The summed E-state index contributed by atoms with van der Waals surface area (Å²) in [5.74, 6) is -1.33. The highest BCUT2D eigenvalue weighted by atomic mass is 32.1. The van der Waals surface area contributed by atoms with Crippen LogP contribution in [0.3, 0.4) is 0 Å². The van der Waals surface area contributed by atoms with E-state index in [9.17, 15) is 9.59 Å². The number of rotatable bonds is 4. The molecule has 2 unspecified atom stereocenters. The Morgan fingerprint density at radius 1 is 1.38 bits per heavy atom. The van der Waals surface area contributed by atoms with Gasteiger partial charge in [-0.15, -0.1) is 0 Å². The molecule has 21 heavy (non-hydrogen) atoms. The predicted octanol–water partition coefficient (Wildman–Crippen LogP) is 1.22. The first-order chi connectivity index (χ1) is 10.1. The molecule has 0 aromatic heterocycles. The van der Waals surface area contributed by atoms with Gasteiger partial charge in [-0.05, 0) is 18.4 Å². The van der Waals surface area contributed by atoms with Crippen LogP contribution in [0, 0.1) is 0 Å². The van der Waals surface area contributed by atoms with Crippen LogP contribution in [-0.4, -0.2) is 41.5 Å². The SMILES string of the molecule is COC(=O)C1CCCN1C(=O)C(C(N)=S)c1ccccc1. The molecule has 5 nitrogen and oxygen atoms in total. The number of thiocarbonyl (C=S) groups is 1. The number of methoxy groups -OCH3 is 1. The molecule has 1 aromatic carbocycles. The topological polar surface area (TPSA) is 72.6 Å². The van der Waals surface area contributed by atoms with Crippen LogP contribution in [-0.2, 0) is 14.3 Å². The van der Waals surface area contributed by atoms with E-state index in [1.54, 1.807) is 0 Å². The lowest BCUT2D eigenvalue weighted by atomic mass is 9.97. The third kappa shape index (κ3) is 3.21. The Kier molecular flexibility index (Phi) is 4.90. The highest BCUT2D eigenvalue weighted by Gasteiger charge is 2.39. The van der Waals surface area contributed by atoms with Crippen LogP contribution < -0.4 is 5.73 Å². The first-order valence-electron chi connectivity index (χ1n) is 6.79. The van der Waals surface area contributed by atoms with Crippen molar-refractivity contribution >= 4 is 29.1 Å². The maximum atomic E-state index is 12.8. The molecule has 2 rings (SSSR count).